The van der Waals surface area contributed by atoms with Crippen LogP contribution in [-0.4, -0.2) is 21.0 Å². The molecule has 0 aliphatic rings. The number of aromatic amines is 1. The van der Waals surface area contributed by atoms with Crippen LogP contribution in [0.3, 0.4) is 0 Å². The first-order valence-corrected chi connectivity index (χ1v) is 6.10. The maximum atomic E-state index is 13.6. The molecule has 1 aromatic heterocycles. The molecule has 19 heavy (non-hydrogen) atoms. The van der Waals surface area contributed by atoms with Crippen molar-refractivity contribution in [3.05, 3.63) is 49.8 Å². The molecule has 98 valence electrons. The minimum Gasteiger partial charge on any atom is -0.478 e. The van der Waals surface area contributed by atoms with Gasteiger partial charge in [-0.05, 0) is 40.8 Å². The molecule has 0 atom stereocenters. The van der Waals surface area contributed by atoms with Gasteiger partial charge in [-0.15, -0.1) is 0 Å². The Hall–Kier alpha value is -1.97. The number of hydrogen-bond acceptors (Lipinski definition) is 4. The van der Waals surface area contributed by atoms with E-state index in [2.05, 4.69) is 15.3 Å². The van der Waals surface area contributed by atoms with E-state index in [1.807, 2.05) is 22.6 Å². The third-order valence-electron chi connectivity index (χ3n) is 2.22. The number of nitrogens with zero attached hydrogens (tertiary/aromatic N) is 1. The predicted molar refractivity (Wildman–Crippen MR) is 74.2 cm³/mol. The lowest BCUT2D eigenvalue weighted by molar-refractivity contribution is 0.0697. The van der Waals surface area contributed by atoms with Crippen molar-refractivity contribution in [2.24, 2.45) is 0 Å². The molecule has 8 heteroatoms. The summed E-state index contributed by atoms with van der Waals surface area (Å²) in [5.74, 6) is -2.06. The summed E-state index contributed by atoms with van der Waals surface area (Å²) in [6.07, 6.45) is 1.00. The number of carboxylic acids is 1. The molecule has 1 aromatic carbocycles. The number of anilines is 2. The summed E-state index contributed by atoms with van der Waals surface area (Å²) < 4.78 is 14.3. The number of H-pyrrole nitrogens is 1. The molecule has 0 bridgehead atoms. The lowest BCUT2D eigenvalue weighted by atomic mass is 10.2. The van der Waals surface area contributed by atoms with Crippen molar-refractivity contribution in [1.29, 1.82) is 0 Å². The summed E-state index contributed by atoms with van der Waals surface area (Å²) in [6, 6.07) is 4.35. The molecule has 0 spiro atoms. The van der Waals surface area contributed by atoms with Gasteiger partial charge in [0, 0.05) is 9.77 Å². The van der Waals surface area contributed by atoms with Crippen molar-refractivity contribution < 1.29 is 14.3 Å². The average molecular weight is 375 g/mol. The normalized spacial score (nSPS) is 10.2. The van der Waals surface area contributed by atoms with Gasteiger partial charge in [-0.25, -0.2) is 14.0 Å². The number of nitrogens with one attached hydrogen (secondary N) is 2. The van der Waals surface area contributed by atoms with E-state index in [4.69, 9.17) is 5.11 Å². The van der Waals surface area contributed by atoms with Gasteiger partial charge in [0.05, 0.1) is 5.69 Å². The Balaban J connectivity index is 2.45. The Bertz CT molecular complexity index is 702. The standard InChI is InChI=1S/C11H7FIN3O3/c12-7-3-5(13)1-2-8(7)15-9-6(10(17)18)4-14-11(19)16-9/h1-4H,(H,17,18)(H2,14,15,16,19). The minimum absolute atomic E-state index is 0.0426. The Morgan fingerprint density at radius 2 is 2.21 bits per heavy atom. The zero-order valence-electron chi connectivity index (χ0n) is 9.28. The summed E-state index contributed by atoms with van der Waals surface area (Å²) in [7, 11) is 0. The molecule has 0 fully saturated rings. The smallest absolute Gasteiger partial charge is 0.346 e. The summed E-state index contributed by atoms with van der Waals surface area (Å²) >= 11 is 1.94. The van der Waals surface area contributed by atoms with Crippen LogP contribution < -0.4 is 11.0 Å². The van der Waals surface area contributed by atoms with Crippen molar-refractivity contribution in [3.63, 3.8) is 0 Å². The number of carbonyl (C=O) groups is 1. The second-order valence-corrected chi connectivity index (χ2v) is 4.77. The Labute approximate surface area is 119 Å². The van der Waals surface area contributed by atoms with Gasteiger partial charge >= 0.3 is 11.7 Å². The Morgan fingerprint density at radius 3 is 2.84 bits per heavy atom. The molecule has 3 N–H and O–H groups in total. The molecule has 0 aliphatic heterocycles. The van der Waals surface area contributed by atoms with E-state index in [1.54, 1.807) is 6.07 Å². The number of carboxylic acid groups (broad SMARTS) is 1. The fraction of sp³-hybridized carbons (Fsp3) is 0. The number of benzene rings is 1. The lowest BCUT2D eigenvalue weighted by Gasteiger charge is -2.08. The van der Waals surface area contributed by atoms with Crippen LogP contribution in [0, 0.1) is 9.39 Å². The molecule has 0 unspecified atom stereocenters. The summed E-state index contributed by atoms with van der Waals surface area (Å²) in [5.41, 5.74) is -0.933. The van der Waals surface area contributed by atoms with E-state index >= 15 is 0 Å². The zero-order valence-corrected chi connectivity index (χ0v) is 11.4. The number of aromatic nitrogens is 2. The monoisotopic (exact) mass is 375 g/mol. The lowest BCUT2D eigenvalue weighted by Crippen LogP contribution is -2.16. The van der Waals surface area contributed by atoms with Gasteiger partial charge in [-0.1, -0.05) is 0 Å². The molecule has 1 heterocycles. The van der Waals surface area contributed by atoms with Crippen LogP contribution in [0.2, 0.25) is 0 Å². The van der Waals surface area contributed by atoms with Gasteiger partial charge in [0.1, 0.15) is 11.4 Å². The van der Waals surface area contributed by atoms with Crippen LogP contribution >= 0.6 is 22.6 Å². The fourth-order valence-electron chi connectivity index (χ4n) is 1.37. The topological polar surface area (TPSA) is 95.1 Å². The summed E-state index contributed by atoms with van der Waals surface area (Å²) in [6.45, 7) is 0. The SMILES string of the molecule is O=C(O)c1c[nH]c(=O)nc1Nc1ccc(I)cc1F. The van der Waals surface area contributed by atoms with E-state index < -0.39 is 17.5 Å². The van der Waals surface area contributed by atoms with E-state index in [0.29, 0.717) is 3.57 Å². The van der Waals surface area contributed by atoms with Crippen molar-refractivity contribution in [2.45, 2.75) is 0 Å². The third-order valence-corrected chi connectivity index (χ3v) is 2.89. The molecule has 2 rings (SSSR count). The second-order valence-electron chi connectivity index (χ2n) is 3.52. The summed E-state index contributed by atoms with van der Waals surface area (Å²) in [5, 5.41) is 11.5. The summed E-state index contributed by atoms with van der Waals surface area (Å²) in [4.78, 5) is 27.7. The van der Waals surface area contributed by atoms with Gasteiger partial charge in [-0.2, -0.15) is 4.98 Å². The van der Waals surface area contributed by atoms with Crippen LogP contribution in [0.4, 0.5) is 15.9 Å². The molecular weight excluding hydrogens is 368 g/mol. The minimum atomic E-state index is -1.28. The van der Waals surface area contributed by atoms with E-state index in [1.165, 1.54) is 12.1 Å². The van der Waals surface area contributed by atoms with E-state index in [9.17, 15) is 14.0 Å². The van der Waals surface area contributed by atoms with Crippen molar-refractivity contribution >= 4 is 40.1 Å². The first-order chi connectivity index (χ1) is 8.97. The Morgan fingerprint density at radius 1 is 1.47 bits per heavy atom. The highest BCUT2D eigenvalue weighted by molar-refractivity contribution is 14.1. The Kier molecular flexibility index (Phi) is 3.79. The first kappa shape index (κ1) is 13.5. The second kappa shape index (κ2) is 5.34. The van der Waals surface area contributed by atoms with Crippen molar-refractivity contribution in [1.82, 2.24) is 9.97 Å². The molecule has 0 radical (unpaired) electrons. The molecule has 0 saturated carbocycles. The van der Waals surface area contributed by atoms with Crippen LogP contribution in [0.5, 0.6) is 0 Å². The van der Waals surface area contributed by atoms with Gasteiger partial charge in [0.2, 0.25) is 0 Å². The fourth-order valence-corrected chi connectivity index (χ4v) is 1.83. The van der Waals surface area contributed by atoms with E-state index in [-0.39, 0.29) is 17.1 Å². The van der Waals surface area contributed by atoms with Crippen LogP contribution in [-0.2, 0) is 0 Å². The average Bonchev–Trinajstić information content (AvgIpc) is 2.32. The van der Waals surface area contributed by atoms with Gasteiger partial charge in [-0.3, -0.25) is 0 Å². The van der Waals surface area contributed by atoms with Gasteiger partial charge in [0.15, 0.2) is 5.82 Å². The molecule has 0 saturated heterocycles. The quantitative estimate of drug-likeness (QED) is 0.713. The molecule has 6 nitrogen and oxygen atoms in total. The predicted octanol–water partition coefficient (Wildman–Crippen LogP) is 1.96. The van der Waals surface area contributed by atoms with Gasteiger partial charge < -0.3 is 15.4 Å². The number of aromatic carboxylic acids is 1. The number of hydrogen-bond donors (Lipinski definition) is 3. The largest absolute Gasteiger partial charge is 0.478 e. The first-order valence-electron chi connectivity index (χ1n) is 5.02. The van der Waals surface area contributed by atoms with Crippen molar-refractivity contribution in [2.75, 3.05) is 5.32 Å². The number of halogens is 2. The van der Waals surface area contributed by atoms with Gasteiger partial charge in [0.25, 0.3) is 0 Å². The van der Waals surface area contributed by atoms with Crippen LogP contribution in [0.15, 0.2) is 29.2 Å². The molecular formula is C11H7FIN3O3. The third kappa shape index (κ3) is 3.08. The maximum Gasteiger partial charge on any atom is 0.346 e. The highest BCUT2D eigenvalue weighted by atomic mass is 127. The molecule has 0 aliphatic carbocycles. The van der Waals surface area contributed by atoms with Crippen LogP contribution in [0.25, 0.3) is 0 Å². The highest BCUT2D eigenvalue weighted by Gasteiger charge is 2.14. The number of rotatable bonds is 3. The van der Waals surface area contributed by atoms with Crippen molar-refractivity contribution in [3.8, 4) is 0 Å². The molecule has 0 amide bonds. The van der Waals surface area contributed by atoms with E-state index in [0.717, 1.165) is 6.20 Å². The highest BCUT2D eigenvalue weighted by Crippen LogP contribution is 2.21. The molecule has 2 aromatic rings. The maximum absolute atomic E-state index is 13.6. The van der Waals surface area contributed by atoms with Crippen LogP contribution in [0.1, 0.15) is 10.4 Å². The zero-order chi connectivity index (χ0) is 14.0.